The van der Waals surface area contributed by atoms with Crippen molar-refractivity contribution in [3.8, 4) is 6.07 Å². The zero-order valence-electron chi connectivity index (χ0n) is 10.6. The van der Waals surface area contributed by atoms with Crippen LogP contribution in [0.4, 0.5) is 0 Å². The van der Waals surface area contributed by atoms with Gasteiger partial charge in [-0.25, -0.2) is 0 Å². The highest BCUT2D eigenvalue weighted by Crippen LogP contribution is 2.24. The summed E-state index contributed by atoms with van der Waals surface area (Å²) in [6.07, 6.45) is 3.22. The molecule has 2 atom stereocenters. The first-order chi connectivity index (χ1) is 8.74. The molecule has 0 radical (unpaired) electrons. The highest BCUT2D eigenvalue weighted by molar-refractivity contribution is 5.94. The highest BCUT2D eigenvalue weighted by atomic mass is 35.5. The molecule has 0 heterocycles. The third-order valence-corrected chi connectivity index (χ3v) is 3.55. The second kappa shape index (κ2) is 7.13. The second-order valence-electron chi connectivity index (χ2n) is 4.70. The van der Waals surface area contributed by atoms with Gasteiger partial charge in [-0.3, -0.25) is 4.79 Å². The monoisotopic (exact) mass is 279 g/mol. The molecule has 0 aliphatic heterocycles. The summed E-state index contributed by atoms with van der Waals surface area (Å²) in [4.78, 5) is 12.0. The smallest absolute Gasteiger partial charge is 0.251 e. The van der Waals surface area contributed by atoms with Crippen molar-refractivity contribution < 1.29 is 4.79 Å². The van der Waals surface area contributed by atoms with Crippen molar-refractivity contribution in [3.63, 3.8) is 0 Å². The number of hydrogen-bond donors (Lipinski definition) is 2. The minimum absolute atomic E-state index is 0. The van der Waals surface area contributed by atoms with Gasteiger partial charge in [0, 0.05) is 11.6 Å². The summed E-state index contributed by atoms with van der Waals surface area (Å²) in [7, 11) is 0. The molecule has 5 heteroatoms. The quantitative estimate of drug-likeness (QED) is 0.886. The Balaban J connectivity index is 0.00000180. The number of nitrogens with zero attached hydrogens (tertiary/aromatic N) is 1. The van der Waals surface area contributed by atoms with Crippen molar-refractivity contribution in [2.45, 2.75) is 25.3 Å². The van der Waals surface area contributed by atoms with E-state index in [9.17, 15) is 4.79 Å². The number of rotatable bonds is 3. The maximum atomic E-state index is 12.0. The Labute approximate surface area is 119 Å². The topological polar surface area (TPSA) is 78.9 Å². The minimum atomic E-state index is -0.0789. The van der Waals surface area contributed by atoms with Gasteiger partial charge < -0.3 is 11.1 Å². The van der Waals surface area contributed by atoms with Crippen molar-refractivity contribution >= 4 is 18.3 Å². The molecule has 1 aromatic rings. The van der Waals surface area contributed by atoms with Crippen LogP contribution in [0.1, 0.15) is 35.2 Å². The molecule has 2 unspecified atom stereocenters. The van der Waals surface area contributed by atoms with E-state index in [2.05, 4.69) is 5.32 Å². The largest absolute Gasteiger partial charge is 0.349 e. The standard InChI is InChI=1S/C14H17N3O.ClH/c15-8-10-4-6-11(7-5-10)14(18)17-13-3-1-2-12(13)9-16;/h4-7,12-13H,1-3,9,16H2,(H,17,18);1H. The number of benzene rings is 1. The average molecular weight is 280 g/mol. The maximum absolute atomic E-state index is 12.0. The third kappa shape index (κ3) is 3.69. The molecule has 1 aliphatic carbocycles. The Bertz CT molecular complexity index is 467. The van der Waals surface area contributed by atoms with Crippen LogP contribution in [0.2, 0.25) is 0 Å². The molecule has 1 fully saturated rings. The van der Waals surface area contributed by atoms with Crippen LogP contribution in [0.5, 0.6) is 0 Å². The number of nitrogens with one attached hydrogen (secondary N) is 1. The summed E-state index contributed by atoms with van der Waals surface area (Å²) in [6.45, 7) is 0.623. The van der Waals surface area contributed by atoms with Crippen LogP contribution in [-0.2, 0) is 0 Å². The molecule has 0 spiro atoms. The number of nitriles is 1. The minimum Gasteiger partial charge on any atom is -0.349 e. The molecule has 1 amide bonds. The first kappa shape index (κ1) is 15.5. The molecular formula is C14H18ClN3O. The van der Waals surface area contributed by atoms with E-state index >= 15 is 0 Å². The Morgan fingerprint density at radius 2 is 2.05 bits per heavy atom. The highest BCUT2D eigenvalue weighted by Gasteiger charge is 2.27. The number of amides is 1. The van der Waals surface area contributed by atoms with Crippen molar-refractivity contribution in [3.05, 3.63) is 35.4 Å². The molecule has 3 N–H and O–H groups in total. The van der Waals surface area contributed by atoms with Gasteiger partial charge in [-0.05, 0) is 49.6 Å². The number of halogens is 1. The van der Waals surface area contributed by atoms with Gasteiger partial charge in [0.15, 0.2) is 0 Å². The van der Waals surface area contributed by atoms with E-state index in [0.29, 0.717) is 23.6 Å². The molecule has 0 aromatic heterocycles. The lowest BCUT2D eigenvalue weighted by molar-refractivity contribution is 0.0929. The Kier molecular flexibility index (Phi) is 5.81. The summed E-state index contributed by atoms with van der Waals surface area (Å²) in [6, 6.07) is 8.90. The fourth-order valence-electron chi connectivity index (χ4n) is 2.46. The Hall–Kier alpha value is -1.57. The molecule has 19 heavy (non-hydrogen) atoms. The molecule has 1 aliphatic rings. The third-order valence-electron chi connectivity index (χ3n) is 3.55. The van der Waals surface area contributed by atoms with Crippen LogP contribution in [-0.4, -0.2) is 18.5 Å². The lowest BCUT2D eigenvalue weighted by atomic mass is 10.0. The molecule has 1 aromatic carbocycles. The van der Waals surface area contributed by atoms with Crippen LogP contribution in [0.25, 0.3) is 0 Å². The van der Waals surface area contributed by atoms with Gasteiger partial charge in [-0.15, -0.1) is 12.4 Å². The zero-order chi connectivity index (χ0) is 13.0. The van der Waals surface area contributed by atoms with Gasteiger partial charge in [0.2, 0.25) is 0 Å². The van der Waals surface area contributed by atoms with Gasteiger partial charge >= 0.3 is 0 Å². The van der Waals surface area contributed by atoms with Crippen LogP contribution < -0.4 is 11.1 Å². The van der Waals surface area contributed by atoms with E-state index in [-0.39, 0.29) is 24.4 Å². The molecular weight excluding hydrogens is 262 g/mol. The van der Waals surface area contributed by atoms with Gasteiger partial charge in [0.25, 0.3) is 5.91 Å². The Morgan fingerprint density at radius 1 is 1.37 bits per heavy atom. The van der Waals surface area contributed by atoms with Crippen LogP contribution >= 0.6 is 12.4 Å². The van der Waals surface area contributed by atoms with Crippen LogP contribution in [0, 0.1) is 17.2 Å². The van der Waals surface area contributed by atoms with E-state index in [1.54, 1.807) is 24.3 Å². The summed E-state index contributed by atoms with van der Waals surface area (Å²) in [5, 5.41) is 11.7. The average Bonchev–Trinajstić information content (AvgIpc) is 2.86. The first-order valence-electron chi connectivity index (χ1n) is 6.25. The molecule has 102 valence electrons. The second-order valence-corrected chi connectivity index (χ2v) is 4.70. The van der Waals surface area contributed by atoms with Crippen molar-refractivity contribution in [1.29, 1.82) is 5.26 Å². The maximum Gasteiger partial charge on any atom is 0.251 e. The number of hydrogen-bond acceptors (Lipinski definition) is 3. The van der Waals surface area contributed by atoms with Gasteiger partial charge in [-0.2, -0.15) is 5.26 Å². The zero-order valence-corrected chi connectivity index (χ0v) is 11.5. The summed E-state index contributed by atoms with van der Waals surface area (Å²) < 4.78 is 0. The molecule has 4 nitrogen and oxygen atoms in total. The Morgan fingerprint density at radius 3 is 2.63 bits per heavy atom. The summed E-state index contributed by atoms with van der Waals surface area (Å²) >= 11 is 0. The van der Waals surface area contributed by atoms with Gasteiger partial charge in [0.05, 0.1) is 11.6 Å². The van der Waals surface area contributed by atoms with Crippen LogP contribution in [0.15, 0.2) is 24.3 Å². The lowest BCUT2D eigenvalue weighted by Crippen LogP contribution is -2.39. The van der Waals surface area contributed by atoms with E-state index in [0.717, 1.165) is 19.3 Å². The molecule has 0 saturated heterocycles. The number of nitrogens with two attached hydrogens (primary N) is 1. The van der Waals surface area contributed by atoms with Crippen molar-refractivity contribution in [1.82, 2.24) is 5.32 Å². The SMILES string of the molecule is Cl.N#Cc1ccc(C(=O)NC2CCCC2CN)cc1. The fraction of sp³-hybridized carbons (Fsp3) is 0.429. The predicted molar refractivity (Wildman–Crippen MR) is 76.1 cm³/mol. The number of carbonyl (C=O) groups excluding carboxylic acids is 1. The van der Waals surface area contributed by atoms with Crippen LogP contribution in [0.3, 0.4) is 0 Å². The van der Waals surface area contributed by atoms with Gasteiger partial charge in [0.1, 0.15) is 0 Å². The van der Waals surface area contributed by atoms with E-state index in [1.807, 2.05) is 6.07 Å². The summed E-state index contributed by atoms with van der Waals surface area (Å²) in [5.74, 6) is 0.317. The molecule has 1 saturated carbocycles. The van der Waals surface area contributed by atoms with Crippen molar-refractivity contribution in [2.24, 2.45) is 11.7 Å². The normalized spacial score (nSPS) is 21.3. The van der Waals surface area contributed by atoms with Gasteiger partial charge in [-0.1, -0.05) is 6.42 Å². The summed E-state index contributed by atoms with van der Waals surface area (Å²) in [5.41, 5.74) is 6.85. The van der Waals surface area contributed by atoms with Crippen molar-refractivity contribution in [2.75, 3.05) is 6.54 Å². The van der Waals surface area contributed by atoms with E-state index < -0.39 is 0 Å². The lowest BCUT2D eigenvalue weighted by Gasteiger charge is -2.19. The predicted octanol–water partition coefficient (Wildman–Crippen LogP) is 1.84. The van der Waals surface area contributed by atoms with E-state index in [4.69, 9.17) is 11.0 Å². The molecule has 0 bridgehead atoms. The molecule has 2 rings (SSSR count). The number of carbonyl (C=O) groups is 1. The fourth-order valence-corrected chi connectivity index (χ4v) is 2.46. The van der Waals surface area contributed by atoms with E-state index in [1.165, 1.54) is 0 Å². The first-order valence-corrected chi connectivity index (χ1v) is 6.25.